The number of aliphatic hydroxyl groups is 7. The second-order valence-corrected chi connectivity index (χ2v) is 17.8. The number of hydrogen-bond donors (Lipinski definition) is 9. The zero-order chi connectivity index (χ0) is 43.0. The Morgan fingerprint density at radius 3 is 1.52 bits per heavy atom. The summed E-state index contributed by atoms with van der Waals surface area (Å²) in [6, 6.07) is -1.25. The van der Waals surface area contributed by atoms with E-state index < -0.39 is 75.2 Å². The first kappa shape index (κ1) is 54.8. The predicted molar refractivity (Wildman–Crippen MR) is 229 cm³/mol. The maximum atomic E-state index is 13.0. The molecule has 1 amide bonds. The number of aliphatic hydroxyl groups excluding tert-OH is 7. The molecule has 0 heterocycles. The van der Waals surface area contributed by atoms with Crippen molar-refractivity contribution in [3.63, 3.8) is 0 Å². The van der Waals surface area contributed by atoms with Gasteiger partial charge in [-0.1, -0.05) is 173 Å². The summed E-state index contributed by atoms with van der Waals surface area (Å²) >= 11 is 0. The van der Waals surface area contributed by atoms with Crippen molar-refractivity contribution in [2.75, 3.05) is 6.61 Å². The molecule has 8 atom stereocenters. The van der Waals surface area contributed by atoms with Gasteiger partial charge in [-0.3, -0.25) is 13.8 Å². The largest absolute Gasteiger partial charge is 0.472 e. The number of phosphoric acid groups is 1. The van der Waals surface area contributed by atoms with Gasteiger partial charge in [-0.15, -0.1) is 0 Å². The lowest BCUT2D eigenvalue weighted by atomic mass is 9.85. The van der Waals surface area contributed by atoms with E-state index in [0.717, 1.165) is 44.9 Å². The van der Waals surface area contributed by atoms with Crippen LogP contribution in [0, 0.1) is 0 Å². The van der Waals surface area contributed by atoms with E-state index in [1.165, 1.54) is 115 Å². The van der Waals surface area contributed by atoms with Gasteiger partial charge >= 0.3 is 7.82 Å². The molecule has 58 heavy (non-hydrogen) atoms. The van der Waals surface area contributed by atoms with Gasteiger partial charge in [-0.25, -0.2) is 4.57 Å². The second-order valence-electron chi connectivity index (χ2n) is 16.4. The van der Waals surface area contributed by atoms with E-state index in [4.69, 9.17) is 9.05 Å². The Morgan fingerprint density at radius 2 is 1.02 bits per heavy atom. The molecule has 1 aliphatic carbocycles. The Bertz CT molecular complexity index is 1100. The number of phosphoric ester groups is 1. The first-order valence-corrected chi connectivity index (χ1v) is 24.4. The van der Waals surface area contributed by atoms with E-state index in [9.17, 15) is 50.0 Å². The summed E-state index contributed by atoms with van der Waals surface area (Å²) in [5.74, 6) is -0.602. The molecule has 0 aromatic rings. The first-order valence-electron chi connectivity index (χ1n) is 22.9. The lowest BCUT2D eigenvalue weighted by molar-refractivity contribution is -0.220. The molecule has 13 nitrogen and oxygen atoms in total. The highest BCUT2D eigenvalue weighted by molar-refractivity contribution is 7.47. The Labute approximate surface area is 350 Å². The summed E-state index contributed by atoms with van der Waals surface area (Å²) in [4.78, 5) is 23.4. The van der Waals surface area contributed by atoms with E-state index >= 15 is 0 Å². The normalized spacial score (nSPS) is 24.0. The number of allylic oxidation sites excluding steroid dienone is 3. The minimum Gasteiger partial charge on any atom is -0.393 e. The number of carbonyl (C=O) groups is 1. The van der Waals surface area contributed by atoms with Gasteiger partial charge in [-0.2, -0.15) is 0 Å². The minimum atomic E-state index is -5.14. The molecule has 9 N–H and O–H groups in total. The predicted octanol–water partition coefficient (Wildman–Crippen LogP) is 7.20. The summed E-state index contributed by atoms with van der Waals surface area (Å²) in [7, 11) is -5.14. The average Bonchev–Trinajstić information content (AvgIpc) is 3.19. The molecule has 1 saturated carbocycles. The maximum absolute atomic E-state index is 13.0. The maximum Gasteiger partial charge on any atom is 0.472 e. The van der Waals surface area contributed by atoms with Crippen molar-refractivity contribution in [2.45, 2.75) is 242 Å². The molecule has 8 unspecified atom stereocenters. The summed E-state index contributed by atoms with van der Waals surface area (Å²) < 4.78 is 22.8. The van der Waals surface area contributed by atoms with Gasteiger partial charge in [-0.05, 0) is 32.1 Å². The van der Waals surface area contributed by atoms with E-state index in [1.54, 1.807) is 6.08 Å². The van der Waals surface area contributed by atoms with Crippen LogP contribution in [-0.4, -0.2) is 108 Å². The van der Waals surface area contributed by atoms with Gasteiger partial charge in [0.25, 0.3) is 0 Å². The van der Waals surface area contributed by atoms with Crippen LogP contribution in [0.3, 0.4) is 0 Å². The number of carbonyl (C=O) groups excluding carboxylic acids is 1. The van der Waals surface area contributed by atoms with E-state index in [0.29, 0.717) is 12.8 Å². The van der Waals surface area contributed by atoms with Crippen molar-refractivity contribution in [3.8, 4) is 0 Å². The molecule has 1 aliphatic rings. The van der Waals surface area contributed by atoms with Crippen LogP contribution in [0.5, 0.6) is 0 Å². The van der Waals surface area contributed by atoms with Gasteiger partial charge < -0.3 is 46.0 Å². The quantitative estimate of drug-likeness (QED) is 0.0172. The highest BCUT2D eigenvalue weighted by Crippen LogP contribution is 2.47. The first-order chi connectivity index (χ1) is 27.8. The molecule has 342 valence electrons. The van der Waals surface area contributed by atoms with Gasteiger partial charge in [0, 0.05) is 0 Å². The van der Waals surface area contributed by atoms with E-state index in [-0.39, 0.29) is 6.42 Å². The molecular weight excluding hydrogens is 765 g/mol. The zero-order valence-electron chi connectivity index (χ0n) is 36.0. The van der Waals surface area contributed by atoms with Crippen molar-refractivity contribution in [3.05, 3.63) is 24.3 Å². The lowest BCUT2D eigenvalue weighted by Gasteiger charge is -2.41. The SMILES string of the molecule is CCCCCCCC/C=C/CC/C=C/C(O)C(COP(=O)(O)OC1C(O)C(O)C(O)C(O)C1O)NC(=O)CC(O)CCCCCCCCCCCCCCCCCC. The molecule has 0 saturated heterocycles. The Balaban J connectivity index is 2.55. The molecule has 14 heteroatoms. The van der Waals surface area contributed by atoms with Crippen LogP contribution in [0.15, 0.2) is 24.3 Å². The van der Waals surface area contributed by atoms with Crippen molar-refractivity contribution in [1.29, 1.82) is 0 Å². The number of unbranched alkanes of at least 4 members (excludes halogenated alkanes) is 22. The van der Waals surface area contributed by atoms with Crippen molar-refractivity contribution >= 4 is 13.7 Å². The summed E-state index contributed by atoms with van der Waals surface area (Å²) in [5.41, 5.74) is 0. The fraction of sp³-hybridized carbons (Fsp3) is 0.886. The van der Waals surface area contributed by atoms with Crippen LogP contribution in [0.4, 0.5) is 0 Å². The van der Waals surface area contributed by atoms with Gasteiger partial charge in [0.05, 0.1) is 31.3 Å². The standard InChI is InChI=1S/C44H84NO12P/c1-3-5-7-9-11-13-15-17-18-19-20-21-23-25-27-29-31-35(46)33-38(48)45-36(37(47)32-30-28-26-24-22-16-14-12-10-8-6-4-2)34-56-58(54,55)57-44-42(52)40(50)39(49)41(51)43(44)53/h22,24,30,32,35-37,39-44,46-47,49-53H,3-21,23,25-29,31,33-34H2,1-2H3,(H,45,48)(H,54,55)/b24-22+,32-30+. The van der Waals surface area contributed by atoms with Crippen molar-refractivity contribution in [1.82, 2.24) is 5.32 Å². The molecule has 0 aliphatic heterocycles. The number of nitrogens with one attached hydrogen (secondary N) is 1. The molecule has 0 aromatic carbocycles. The molecular formula is C44H84NO12P. The molecule has 0 spiro atoms. The van der Waals surface area contributed by atoms with Gasteiger partial charge in [0.2, 0.25) is 5.91 Å². The minimum absolute atomic E-state index is 0.249. The van der Waals surface area contributed by atoms with Crippen molar-refractivity contribution in [2.24, 2.45) is 0 Å². The third kappa shape index (κ3) is 26.2. The molecule has 0 aromatic heterocycles. The number of rotatable bonds is 37. The summed E-state index contributed by atoms with van der Waals surface area (Å²) in [5, 5.41) is 74.3. The highest BCUT2D eigenvalue weighted by Gasteiger charge is 2.51. The highest BCUT2D eigenvalue weighted by atomic mass is 31.2. The van der Waals surface area contributed by atoms with Crippen LogP contribution >= 0.6 is 7.82 Å². The molecule has 1 rings (SSSR count). The van der Waals surface area contributed by atoms with E-state index in [1.807, 2.05) is 0 Å². The summed E-state index contributed by atoms with van der Waals surface area (Å²) in [6.07, 6.45) is 22.8. The molecule has 1 fully saturated rings. The average molecular weight is 850 g/mol. The third-order valence-electron chi connectivity index (χ3n) is 11.0. The Hall–Kier alpha value is -1.22. The molecule has 0 radical (unpaired) electrons. The lowest BCUT2D eigenvalue weighted by Crippen LogP contribution is -2.64. The topological polar surface area (TPSA) is 226 Å². The van der Waals surface area contributed by atoms with Crippen LogP contribution in [0.2, 0.25) is 0 Å². The van der Waals surface area contributed by atoms with Gasteiger partial charge in [0.1, 0.15) is 36.6 Å². The van der Waals surface area contributed by atoms with Crippen LogP contribution in [0.25, 0.3) is 0 Å². The van der Waals surface area contributed by atoms with Crippen LogP contribution in [-0.2, 0) is 18.4 Å². The number of amides is 1. The second kappa shape index (κ2) is 34.4. The Kier molecular flexibility index (Phi) is 32.5. The zero-order valence-corrected chi connectivity index (χ0v) is 36.9. The monoisotopic (exact) mass is 850 g/mol. The number of hydrogen-bond acceptors (Lipinski definition) is 11. The van der Waals surface area contributed by atoms with E-state index in [2.05, 4.69) is 31.3 Å². The third-order valence-corrected chi connectivity index (χ3v) is 12.0. The Morgan fingerprint density at radius 1 is 0.603 bits per heavy atom. The van der Waals surface area contributed by atoms with Crippen LogP contribution in [0.1, 0.15) is 187 Å². The molecule has 0 bridgehead atoms. The fourth-order valence-electron chi connectivity index (χ4n) is 7.26. The van der Waals surface area contributed by atoms with Gasteiger partial charge in [0.15, 0.2) is 0 Å². The van der Waals surface area contributed by atoms with Crippen LogP contribution < -0.4 is 5.32 Å². The fourth-order valence-corrected chi connectivity index (χ4v) is 8.22. The smallest absolute Gasteiger partial charge is 0.393 e. The van der Waals surface area contributed by atoms with Crippen molar-refractivity contribution < 1.29 is 59.0 Å². The summed E-state index contributed by atoms with van der Waals surface area (Å²) in [6.45, 7) is 3.70.